The molecule has 0 saturated heterocycles. The van der Waals surface area contributed by atoms with Gasteiger partial charge in [0.25, 0.3) is 5.91 Å². The number of methoxy groups -OCH3 is 1. The van der Waals surface area contributed by atoms with Crippen LogP contribution in [0.25, 0.3) is 11.3 Å². The van der Waals surface area contributed by atoms with Crippen LogP contribution in [0.5, 0.6) is 11.5 Å². The van der Waals surface area contributed by atoms with Crippen molar-refractivity contribution < 1.29 is 18.7 Å². The number of halogens is 2. The standard InChI is InChI=1S/C32H25ClFN3O3/c1-39-27-17-23(11-16-26(27)40-19-21-5-3-2-4-6-21)31-28-29(22-9-12-24(33)13-10-22)35-36-30(28)32(38)37(31)18-20-7-14-25(34)15-8-20/h2-17,31H,18-19H2,1H3,(H,35,36). The molecular weight excluding hydrogens is 529 g/mol. The van der Waals surface area contributed by atoms with Gasteiger partial charge in [0.15, 0.2) is 11.5 Å². The van der Waals surface area contributed by atoms with Gasteiger partial charge in [-0.3, -0.25) is 9.89 Å². The van der Waals surface area contributed by atoms with Crippen molar-refractivity contribution >= 4 is 17.5 Å². The second kappa shape index (κ2) is 10.9. The van der Waals surface area contributed by atoms with E-state index < -0.39 is 6.04 Å². The molecule has 0 radical (unpaired) electrons. The molecule has 1 aromatic heterocycles. The van der Waals surface area contributed by atoms with Gasteiger partial charge in [0.2, 0.25) is 0 Å². The van der Waals surface area contributed by atoms with Gasteiger partial charge in [0.05, 0.1) is 18.8 Å². The number of H-pyrrole nitrogens is 1. The maximum absolute atomic E-state index is 13.7. The summed E-state index contributed by atoms with van der Waals surface area (Å²) in [7, 11) is 1.59. The molecule has 1 N–H and O–H groups in total. The van der Waals surface area contributed by atoms with Crippen LogP contribution in [0.4, 0.5) is 4.39 Å². The number of nitrogens with zero attached hydrogens (tertiary/aromatic N) is 2. The Bertz CT molecular complexity index is 1650. The van der Waals surface area contributed by atoms with E-state index in [4.69, 9.17) is 21.1 Å². The lowest BCUT2D eigenvalue weighted by Crippen LogP contribution is -2.29. The Balaban J connectivity index is 1.41. The third kappa shape index (κ3) is 4.92. The lowest BCUT2D eigenvalue weighted by molar-refractivity contribution is 0.0730. The van der Waals surface area contributed by atoms with Crippen molar-refractivity contribution in [3.8, 4) is 22.8 Å². The third-order valence-corrected chi connectivity index (χ3v) is 7.24. The Labute approximate surface area is 235 Å². The molecule has 8 heteroatoms. The van der Waals surface area contributed by atoms with Crippen LogP contribution in [0.15, 0.2) is 97.1 Å². The van der Waals surface area contributed by atoms with Gasteiger partial charge < -0.3 is 14.4 Å². The van der Waals surface area contributed by atoms with E-state index >= 15 is 0 Å². The molecule has 40 heavy (non-hydrogen) atoms. The highest BCUT2D eigenvalue weighted by molar-refractivity contribution is 6.30. The Kier molecular flexibility index (Phi) is 6.97. The molecule has 6 nitrogen and oxygen atoms in total. The van der Waals surface area contributed by atoms with E-state index in [0.717, 1.165) is 27.8 Å². The first-order chi connectivity index (χ1) is 19.5. The monoisotopic (exact) mass is 553 g/mol. The normalized spacial score (nSPS) is 14.3. The van der Waals surface area contributed by atoms with Crippen molar-refractivity contribution in [1.82, 2.24) is 15.1 Å². The molecule has 0 bridgehead atoms. The summed E-state index contributed by atoms with van der Waals surface area (Å²) in [6.45, 7) is 0.669. The zero-order valence-corrected chi connectivity index (χ0v) is 22.4. The molecule has 0 spiro atoms. The zero-order valence-electron chi connectivity index (χ0n) is 21.6. The summed E-state index contributed by atoms with van der Waals surface area (Å²) in [6, 6.07) is 28.6. The fourth-order valence-corrected chi connectivity index (χ4v) is 5.16. The van der Waals surface area contributed by atoms with E-state index in [1.54, 1.807) is 36.3 Å². The van der Waals surface area contributed by atoms with Crippen molar-refractivity contribution in [3.63, 3.8) is 0 Å². The van der Waals surface area contributed by atoms with Crippen LogP contribution < -0.4 is 9.47 Å². The molecule has 200 valence electrons. The Morgan fingerprint density at radius 3 is 2.40 bits per heavy atom. The second-order valence-electron chi connectivity index (χ2n) is 9.51. The van der Waals surface area contributed by atoms with E-state index in [0.29, 0.717) is 34.5 Å². The van der Waals surface area contributed by atoms with E-state index in [9.17, 15) is 9.18 Å². The van der Waals surface area contributed by atoms with Gasteiger partial charge in [-0.25, -0.2) is 4.39 Å². The van der Waals surface area contributed by atoms with Crippen molar-refractivity contribution in [1.29, 1.82) is 0 Å². The number of carbonyl (C=O) groups excluding carboxylic acids is 1. The molecule has 5 aromatic rings. The number of ether oxygens (including phenoxy) is 2. The summed E-state index contributed by atoms with van der Waals surface area (Å²) in [6.07, 6.45) is 0. The van der Waals surface area contributed by atoms with Crippen LogP contribution in [0, 0.1) is 5.82 Å². The summed E-state index contributed by atoms with van der Waals surface area (Å²) in [5.74, 6) is 0.617. The SMILES string of the molecule is COc1cc(C2c3c(-c4ccc(Cl)cc4)n[nH]c3C(=O)N2Cc2ccc(F)cc2)ccc1OCc1ccccc1. The number of aromatic amines is 1. The fourth-order valence-electron chi connectivity index (χ4n) is 5.03. The van der Waals surface area contributed by atoms with Crippen molar-refractivity contribution in [2.24, 2.45) is 0 Å². The number of carbonyl (C=O) groups is 1. The van der Waals surface area contributed by atoms with Crippen LogP contribution in [0.3, 0.4) is 0 Å². The minimum atomic E-state index is -0.478. The maximum atomic E-state index is 13.7. The maximum Gasteiger partial charge on any atom is 0.273 e. The number of nitrogens with one attached hydrogen (secondary N) is 1. The molecule has 0 saturated carbocycles. The van der Waals surface area contributed by atoms with Crippen molar-refractivity contribution in [2.75, 3.05) is 7.11 Å². The average Bonchev–Trinajstić information content (AvgIpc) is 3.53. The third-order valence-electron chi connectivity index (χ3n) is 6.99. The van der Waals surface area contributed by atoms with Crippen LogP contribution in [-0.4, -0.2) is 28.1 Å². The first kappa shape index (κ1) is 25.6. The molecular formula is C32H25ClFN3O3. The van der Waals surface area contributed by atoms with Crippen molar-refractivity contribution in [2.45, 2.75) is 19.2 Å². The first-order valence-electron chi connectivity index (χ1n) is 12.8. The topological polar surface area (TPSA) is 67.5 Å². The molecule has 4 aromatic carbocycles. The summed E-state index contributed by atoms with van der Waals surface area (Å²) in [5, 5.41) is 8.09. The minimum Gasteiger partial charge on any atom is -0.493 e. The van der Waals surface area contributed by atoms with Gasteiger partial charge in [0, 0.05) is 22.7 Å². The van der Waals surface area contributed by atoms with Gasteiger partial charge in [-0.15, -0.1) is 0 Å². The van der Waals surface area contributed by atoms with Gasteiger partial charge in [0.1, 0.15) is 18.1 Å². The lowest BCUT2D eigenvalue weighted by Gasteiger charge is -2.27. The fraction of sp³-hybridized carbons (Fsp3) is 0.125. The highest BCUT2D eigenvalue weighted by atomic mass is 35.5. The summed E-state index contributed by atoms with van der Waals surface area (Å²) >= 11 is 6.13. The number of fused-ring (bicyclic) bond motifs is 1. The highest BCUT2D eigenvalue weighted by Gasteiger charge is 2.42. The summed E-state index contributed by atoms with van der Waals surface area (Å²) in [4.78, 5) is 15.5. The highest BCUT2D eigenvalue weighted by Crippen LogP contribution is 2.45. The number of rotatable bonds is 8. The number of hydrogen-bond donors (Lipinski definition) is 1. The average molecular weight is 554 g/mol. The molecule has 1 aliphatic heterocycles. The molecule has 0 aliphatic carbocycles. The van der Waals surface area contributed by atoms with Gasteiger partial charge in [-0.05, 0) is 53.1 Å². The number of amides is 1. The van der Waals surface area contributed by atoms with Gasteiger partial charge in [-0.2, -0.15) is 5.10 Å². The van der Waals surface area contributed by atoms with Gasteiger partial charge >= 0.3 is 0 Å². The lowest BCUT2D eigenvalue weighted by atomic mass is 9.95. The smallest absolute Gasteiger partial charge is 0.273 e. The molecule has 0 fully saturated rings. The minimum absolute atomic E-state index is 0.194. The predicted octanol–water partition coefficient (Wildman–Crippen LogP) is 7.20. The predicted molar refractivity (Wildman–Crippen MR) is 151 cm³/mol. The molecule has 1 unspecified atom stereocenters. The van der Waals surface area contributed by atoms with E-state index in [2.05, 4.69) is 10.2 Å². The summed E-state index contributed by atoms with van der Waals surface area (Å²) in [5.41, 5.74) is 5.34. The van der Waals surface area contributed by atoms with Crippen molar-refractivity contribution in [3.05, 3.63) is 136 Å². The van der Waals surface area contributed by atoms with E-state index in [-0.39, 0.29) is 18.3 Å². The molecule has 6 rings (SSSR count). The number of aromatic nitrogens is 2. The Hall–Kier alpha value is -4.62. The van der Waals surface area contributed by atoms with Crippen LogP contribution in [0.1, 0.15) is 38.8 Å². The van der Waals surface area contributed by atoms with Crippen LogP contribution in [-0.2, 0) is 13.2 Å². The second-order valence-corrected chi connectivity index (χ2v) is 9.95. The quantitative estimate of drug-likeness (QED) is 0.221. The van der Waals surface area contributed by atoms with Crippen LogP contribution >= 0.6 is 11.6 Å². The van der Waals surface area contributed by atoms with E-state index in [1.807, 2.05) is 60.7 Å². The first-order valence-corrected chi connectivity index (χ1v) is 13.1. The Morgan fingerprint density at radius 1 is 0.925 bits per heavy atom. The number of benzene rings is 4. The summed E-state index contributed by atoms with van der Waals surface area (Å²) < 4.78 is 25.4. The largest absolute Gasteiger partial charge is 0.493 e. The number of hydrogen-bond acceptors (Lipinski definition) is 4. The van der Waals surface area contributed by atoms with E-state index in [1.165, 1.54) is 12.1 Å². The zero-order chi connectivity index (χ0) is 27.6. The van der Waals surface area contributed by atoms with Crippen LogP contribution in [0.2, 0.25) is 5.02 Å². The molecule has 1 atom stereocenters. The molecule has 2 heterocycles. The molecule has 1 aliphatic rings. The Morgan fingerprint density at radius 2 is 1.68 bits per heavy atom. The van der Waals surface area contributed by atoms with Gasteiger partial charge in [-0.1, -0.05) is 72.3 Å². The molecule has 1 amide bonds.